The molecule has 0 bridgehead atoms. The van der Waals surface area contributed by atoms with E-state index in [1.807, 2.05) is 4.90 Å². The fourth-order valence-electron chi connectivity index (χ4n) is 4.31. The van der Waals surface area contributed by atoms with E-state index in [2.05, 4.69) is 28.8 Å². The highest BCUT2D eigenvalue weighted by Gasteiger charge is 2.48. The topological polar surface area (TPSA) is 54.3 Å². The lowest BCUT2D eigenvalue weighted by Crippen LogP contribution is -2.68. The van der Waals surface area contributed by atoms with Crippen LogP contribution in [-0.4, -0.2) is 62.2 Å². The van der Waals surface area contributed by atoms with Crippen molar-refractivity contribution < 1.29 is 9.18 Å². The Morgan fingerprint density at radius 1 is 1.30 bits per heavy atom. The van der Waals surface area contributed by atoms with Crippen molar-refractivity contribution in [3.63, 3.8) is 0 Å². The van der Waals surface area contributed by atoms with E-state index in [9.17, 15) is 9.18 Å². The molecule has 144 valence electrons. The lowest BCUT2D eigenvalue weighted by Gasteiger charge is -2.57. The van der Waals surface area contributed by atoms with Crippen molar-refractivity contribution in [2.24, 2.45) is 5.92 Å². The van der Waals surface area contributed by atoms with Crippen LogP contribution < -0.4 is 0 Å². The van der Waals surface area contributed by atoms with Crippen LogP contribution in [-0.2, 0) is 0 Å². The predicted octanol–water partition coefficient (Wildman–Crippen LogP) is 2.74. The van der Waals surface area contributed by atoms with Crippen molar-refractivity contribution in [2.75, 3.05) is 26.2 Å². The molecule has 1 aromatic heterocycles. The van der Waals surface area contributed by atoms with Crippen LogP contribution in [0.4, 0.5) is 4.39 Å². The first-order valence-corrected chi connectivity index (χ1v) is 9.69. The first-order valence-electron chi connectivity index (χ1n) is 9.69. The summed E-state index contributed by atoms with van der Waals surface area (Å²) in [7, 11) is 0. The van der Waals surface area contributed by atoms with Gasteiger partial charge < -0.3 is 4.90 Å². The maximum Gasteiger partial charge on any atom is 0.293 e. The quantitative estimate of drug-likeness (QED) is 0.829. The van der Waals surface area contributed by atoms with Gasteiger partial charge in [-0.15, -0.1) is 5.10 Å². The fourth-order valence-corrected chi connectivity index (χ4v) is 4.31. The number of piperidine rings is 1. The van der Waals surface area contributed by atoms with Crippen LogP contribution in [0.25, 0.3) is 5.69 Å². The number of nitrogens with zero attached hydrogens (tertiary/aromatic N) is 5. The van der Waals surface area contributed by atoms with Gasteiger partial charge in [-0.05, 0) is 43.4 Å². The number of rotatable bonds is 4. The van der Waals surface area contributed by atoms with E-state index in [0.29, 0.717) is 11.6 Å². The molecule has 2 aliphatic heterocycles. The van der Waals surface area contributed by atoms with Crippen molar-refractivity contribution >= 4 is 5.91 Å². The summed E-state index contributed by atoms with van der Waals surface area (Å²) in [6, 6.07) is 6.10. The van der Waals surface area contributed by atoms with Crippen molar-refractivity contribution in [3.8, 4) is 5.69 Å². The second-order valence-corrected chi connectivity index (χ2v) is 8.14. The molecule has 27 heavy (non-hydrogen) atoms. The van der Waals surface area contributed by atoms with Gasteiger partial charge >= 0.3 is 0 Å². The largest absolute Gasteiger partial charge is 0.334 e. The smallest absolute Gasteiger partial charge is 0.293 e. The van der Waals surface area contributed by atoms with Crippen LogP contribution in [0.3, 0.4) is 0 Å². The Bertz CT molecular complexity index is 835. The molecule has 0 radical (unpaired) electrons. The summed E-state index contributed by atoms with van der Waals surface area (Å²) in [5, 5.41) is 4.29. The van der Waals surface area contributed by atoms with Gasteiger partial charge in [-0.1, -0.05) is 19.9 Å². The fraction of sp³-hybridized carbons (Fsp3) is 0.550. The molecular weight excluding hydrogens is 345 g/mol. The van der Waals surface area contributed by atoms with Crippen LogP contribution in [0.1, 0.15) is 43.7 Å². The minimum Gasteiger partial charge on any atom is -0.334 e. The van der Waals surface area contributed by atoms with E-state index in [0.717, 1.165) is 45.4 Å². The van der Waals surface area contributed by atoms with Gasteiger partial charge in [0.2, 0.25) is 5.82 Å². The molecule has 1 spiro atoms. The molecule has 1 atom stereocenters. The number of hydrogen-bond acceptors (Lipinski definition) is 4. The lowest BCUT2D eigenvalue weighted by molar-refractivity contribution is -0.0650. The first-order chi connectivity index (χ1) is 13.0. The highest BCUT2D eigenvalue weighted by molar-refractivity contribution is 5.90. The zero-order valence-corrected chi connectivity index (χ0v) is 15.9. The number of halogens is 1. The van der Waals surface area contributed by atoms with Gasteiger partial charge in [0.05, 0.1) is 5.69 Å². The summed E-state index contributed by atoms with van der Waals surface area (Å²) in [6.45, 7) is 8.15. The molecule has 2 fully saturated rings. The summed E-state index contributed by atoms with van der Waals surface area (Å²) >= 11 is 0. The molecule has 2 saturated heterocycles. The maximum atomic E-state index is 13.4. The Hall–Kier alpha value is -2.28. The number of benzene rings is 1. The molecule has 3 heterocycles. The van der Waals surface area contributed by atoms with Gasteiger partial charge in [0.15, 0.2) is 0 Å². The number of likely N-dealkylation sites (tertiary alicyclic amines) is 2. The average Bonchev–Trinajstić information content (AvgIpc) is 3.15. The Balaban J connectivity index is 1.48. The van der Waals surface area contributed by atoms with Gasteiger partial charge in [-0.3, -0.25) is 9.69 Å². The van der Waals surface area contributed by atoms with Crippen LogP contribution in [0.5, 0.6) is 0 Å². The molecule has 1 amide bonds. The van der Waals surface area contributed by atoms with Gasteiger partial charge in [0, 0.05) is 31.7 Å². The Kier molecular flexibility index (Phi) is 4.72. The summed E-state index contributed by atoms with van der Waals surface area (Å²) in [6.07, 6.45) is 4.77. The van der Waals surface area contributed by atoms with Gasteiger partial charge in [-0.25, -0.2) is 14.1 Å². The van der Waals surface area contributed by atoms with Gasteiger partial charge in [-0.2, -0.15) is 0 Å². The molecule has 1 unspecified atom stereocenters. The van der Waals surface area contributed by atoms with Crippen molar-refractivity contribution in [2.45, 2.75) is 38.6 Å². The van der Waals surface area contributed by atoms with E-state index < -0.39 is 0 Å². The highest BCUT2D eigenvalue weighted by Crippen LogP contribution is 2.39. The van der Waals surface area contributed by atoms with E-state index in [-0.39, 0.29) is 23.1 Å². The molecule has 0 saturated carbocycles. The molecule has 4 rings (SSSR count). The zero-order chi connectivity index (χ0) is 19.0. The minimum absolute atomic E-state index is 0.128. The third-order valence-electron chi connectivity index (χ3n) is 5.70. The molecule has 2 aromatic rings. The number of aromatic nitrogens is 3. The van der Waals surface area contributed by atoms with Gasteiger partial charge in [0.25, 0.3) is 5.91 Å². The van der Waals surface area contributed by atoms with Crippen molar-refractivity contribution in [1.29, 1.82) is 0 Å². The number of amides is 1. The molecule has 0 aliphatic carbocycles. The first kappa shape index (κ1) is 18.1. The Labute approximate surface area is 159 Å². The maximum absolute atomic E-state index is 13.4. The van der Waals surface area contributed by atoms with Crippen LogP contribution in [0, 0.1) is 11.7 Å². The minimum atomic E-state index is -0.343. The molecule has 2 aliphatic rings. The number of hydrogen-bond donors (Lipinski definition) is 0. The summed E-state index contributed by atoms with van der Waals surface area (Å²) in [5.41, 5.74) is 0.683. The van der Waals surface area contributed by atoms with Gasteiger partial charge in [0.1, 0.15) is 12.1 Å². The molecule has 7 heteroatoms. The van der Waals surface area contributed by atoms with Crippen molar-refractivity contribution in [1.82, 2.24) is 24.6 Å². The second kappa shape index (κ2) is 7.03. The Morgan fingerprint density at radius 3 is 2.85 bits per heavy atom. The number of carbonyl (C=O) groups excluding carboxylic acids is 1. The number of carbonyl (C=O) groups is 1. The zero-order valence-electron chi connectivity index (χ0n) is 15.9. The third kappa shape index (κ3) is 3.48. The van der Waals surface area contributed by atoms with Crippen LogP contribution in [0.15, 0.2) is 30.6 Å². The van der Waals surface area contributed by atoms with Crippen molar-refractivity contribution in [3.05, 3.63) is 42.2 Å². The van der Waals surface area contributed by atoms with E-state index in [1.165, 1.54) is 23.1 Å². The normalized spacial score (nSPS) is 23.0. The predicted molar refractivity (Wildman–Crippen MR) is 100 cm³/mol. The SMILES string of the molecule is CC(C)CN1CCC12CCCN(C(=O)c1ncn(-c3cccc(F)c3)n1)C2. The molecular formula is C20H26FN5O. The lowest BCUT2D eigenvalue weighted by atomic mass is 9.77. The van der Waals surface area contributed by atoms with Crippen LogP contribution in [0.2, 0.25) is 0 Å². The van der Waals surface area contributed by atoms with E-state index in [4.69, 9.17) is 0 Å². The third-order valence-corrected chi connectivity index (χ3v) is 5.70. The monoisotopic (exact) mass is 371 g/mol. The second-order valence-electron chi connectivity index (χ2n) is 8.14. The summed E-state index contributed by atoms with van der Waals surface area (Å²) in [4.78, 5) is 21.6. The summed E-state index contributed by atoms with van der Waals surface area (Å²) < 4.78 is 14.9. The molecule has 6 nitrogen and oxygen atoms in total. The summed E-state index contributed by atoms with van der Waals surface area (Å²) in [5.74, 6) is 0.313. The standard InChI is InChI=1S/C20H26FN5O/c1-15(2)12-25-10-8-20(25)7-4-9-24(13-20)19(27)18-22-14-26(23-18)17-6-3-5-16(21)11-17/h3,5-6,11,14-15H,4,7-10,12-13H2,1-2H3. The highest BCUT2D eigenvalue weighted by atomic mass is 19.1. The van der Waals surface area contributed by atoms with Crippen LogP contribution >= 0.6 is 0 Å². The van der Waals surface area contributed by atoms with E-state index >= 15 is 0 Å². The Morgan fingerprint density at radius 2 is 2.15 bits per heavy atom. The molecule has 0 N–H and O–H groups in total. The molecule has 1 aromatic carbocycles. The average molecular weight is 371 g/mol. The van der Waals surface area contributed by atoms with E-state index in [1.54, 1.807) is 12.1 Å².